The van der Waals surface area contributed by atoms with E-state index >= 15 is 0 Å². The quantitative estimate of drug-likeness (QED) is 0.725. The Kier molecular flexibility index (Phi) is 7.06. The zero-order valence-corrected chi connectivity index (χ0v) is 16.8. The smallest absolute Gasteiger partial charge is 0.0727 e. The molecule has 1 N–H and O–H groups in total. The number of hydrogen-bond acceptors (Lipinski definition) is 4. The molecule has 4 nitrogen and oxygen atoms in total. The number of nitrogens with one attached hydrogen (secondary N) is 1. The van der Waals surface area contributed by atoms with E-state index in [0.29, 0.717) is 6.04 Å². The van der Waals surface area contributed by atoms with Crippen molar-refractivity contribution in [2.75, 3.05) is 43.9 Å². The summed E-state index contributed by atoms with van der Waals surface area (Å²) in [4.78, 5) is 9.31. The van der Waals surface area contributed by atoms with Gasteiger partial charge in [-0.05, 0) is 70.6 Å². The van der Waals surface area contributed by atoms with Gasteiger partial charge in [-0.3, -0.25) is 4.98 Å². The summed E-state index contributed by atoms with van der Waals surface area (Å²) in [5, 5.41) is 4.93. The molecule has 138 valence electrons. The van der Waals surface area contributed by atoms with Crippen LogP contribution < -0.4 is 10.2 Å². The number of benzene rings is 1. The molecule has 0 aliphatic heterocycles. The molecule has 1 unspecified atom stereocenters. The van der Waals surface area contributed by atoms with Crippen LogP contribution in [0.25, 0.3) is 10.9 Å². The lowest BCUT2D eigenvalue weighted by atomic mass is 10.1. The van der Waals surface area contributed by atoms with Crippen molar-refractivity contribution in [2.24, 2.45) is 0 Å². The molecule has 1 aromatic heterocycles. The Bertz CT molecular complexity index is 677. The van der Waals surface area contributed by atoms with Gasteiger partial charge in [0, 0.05) is 42.6 Å². The molecule has 0 spiro atoms. The zero-order valence-electron chi connectivity index (χ0n) is 16.8. The average Bonchev–Trinajstić information content (AvgIpc) is 2.58. The fourth-order valence-electron chi connectivity index (χ4n) is 3.24. The van der Waals surface area contributed by atoms with Gasteiger partial charge in [0.05, 0.1) is 5.52 Å². The van der Waals surface area contributed by atoms with Crippen LogP contribution in [0.2, 0.25) is 0 Å². The molecule has 0 aliphatic rings. The number of hydrogen-bond donors (Lipinski definition) is 1. The molecule has 0 saturated carbocycles. The van der Waals surface area contributed by atoms with Crippen molar-refractivity contribution in [1.29, 1.82) is 0 Å². The predicted octanol–water partition coefficient (Wildman–Crippen LogP) is 4.53. The second-order valence-corrected chi connectivity index (χ2v) is 7.12. The second kappa shape index (κ2) is 9.04. The maximum atomic E-state index is 4.69. The molecular formula is C21H34N4. The highest BCUT2D eigenvalue weighted by Gasteiger charge is 2.10. The summed E-state index contributed by atoms with van der Waals surface area (Å²) < 4.78 is 0. The van der Waals surface area contributed by atoms with Crippen LogP contribution in [-0.4, -0.2) is 49.7 Å². The maximum absolute atomic E-state index is 4.69. The molecule has 1 heterocycles. The van der Waals surface area contributed by atoms with E-state index in [2.05, 4.69) is 86.2 Å². The molecule has 1 atom stereocenters. The summed E-state index contributed by atoms with van der Waals surface area (Å²) in [6, 6.07) is 9.10. The van der Waals surface area contributed by atoms with Crippen molar-refractivity contribution in [3.8, 4) is 0 Å². The molecule has 0 aliphatic carbocycles. The monoisotopic (exact) mass is 342 g/mol. The van der Waals surface area contributed by atoms with E-state index in [0.717, 1.165) is 24.3 Å². The van der Waals surface area contributed by atoms with Gasteiger partial charge in [0.1, 0.15) is 0 Å². The molecule has 2 aromatic rings. The fraction of sp³-hybridized carbons (Fsp3) is 0.571. The van der Waals surface area contributed by atoms with E-state index in [1.807, 2.05) is 0 Å². The Morgan fingerprint density at radius 3 is 2.48 bits per heavy atom. The van der Waals surface area contributed by atoms with Gasteiger partial charge >= 0.3 is 0 Å². The lowest BCUT2D eigenvalue weighted by Crippen LogP contribution is -2.25. The summed E-state index contributed by atoms with van der Waals surface area (Å²) in [6.45, 7) is 12.3. The van der Waals surface area contributed by atoms with E-state index in [9.17, 15) is 0 Å². The number of anilines is 2. The van der Waals surface area contributed by atoms with E-state index in [-0.39, 0.29) is 0 Å². The Hall–Kier alpha value is -1.81. The Morgan fingerprint density at radius 1 is 1.12 bits per heavy atom. The summed E-state index contributed by atoms with van der Waals surface area (Å²) in [7, 11) is 4.15. The van der Waals surface area contributed by atoms with E-state index in [1.165, 1.54) is 36.1 Å². The maximum Gasteiger partial charge on any atom is 0.0727 e. The van der Waals surface area contributed by atoms with Crippen molar-refractivity contribution in [1.82, 2.24) is 9.88 Å². The molecule has 4 heteroatoms. The van der Waals surface area contributed by atoms with Crippen LogP contribution in [0.5, 0.6) is 0 Å². The van der Waals surface area contributed by atoms with Crippen LogP contribution in [0.1, 0.15) is 39.3 Å². The first-order valence-corrected chi connectivity index (χ1v) is 9.52. The van der Waals surface area contributed by atoms with Crippen molar-refractivity contribution >= 4 is 22.3 Å². The summed E-state index contributed by atoms with van der Waals surface area (Å²) in [5.41, 5.74) is 4.52. The van der Waals surface area contributed by atoms with Gasteiger partial charge in [0.25, 0.3) is 0 Å². The van der Waals surface area contributed by atoms with Gasteiger partial charge in [-0.25, -0.2) is 0 Å². The van der Waals surface area contributed by atoms with Gasteiger partial charge in [-0.1, -0.05) is 13.8 Å². The first-order chi connectivity index (χ1) is 11.9. The van der Waals surface area contributed by atoms with Crippen molar-refractivity contribution in [3.05, 3.63) is 30.0 Å². The van der Waals surface area contributed by atoms with E-state index < -0.39 is 0 Å². The second-order valence-electron chi connectivity index (χ2n) is 7.12. The number of nitrogens with zero attached hydrogens (tertiary/aromatic N) is 3. The summed E-state index contributed by atoms with van der Waals surface area (Å²) >= 11 is 0. The Morgan fingerprint density at radius 2 is 1.84 bits per heavy atom. The molecule has 1 aromatic carbocycles. The van der Waals surface area contributed by atoms with E-state index in [4.69, 9.17) is 0 Å². The van der Waals surface area contributed by atoms with Crippen LogP contribution >= 0.6 is 0 Å². The molecule has 0 radical (unpaired) electrons. The minimum atomic E-state index is 0.448. The Labute approximate surface area is 153 Å². The lowest BCUT2D eigenvalue weighted by Gasteiger charge is -2.21. The van der Waals surface area contributed by atoms with Crippen LogP contribution in [0.3, 0.4) is 0 Å². The van der Waals surface area contributed by atoms with Crippen LogP contribution in [0.4, 0.5) is 11.4 Å². The zero-order chi connectivity index (χ0) is 18.4. The molecule has 0 saturated heterocycles. The van der Waals surface area contributed by atoms with Crippen molar-refractivity contribution in [3.63, 3.8) is 0 Å². The molecule has 0 fully saturated rings. The van der Waals surface area contributed by atoms with Crippen molar-refractivity contribution in [2.45, 2.75) is 46.6 Å². The lowest BCUT2D eigenvalue weighted by molar-refractivity contribution is 0.295. The molecule has 0 bridgehead atoms. The number of aromatic nitrogens is 1. The topological polar surface area (TPSA) is 31.4 Å². The van der Waals surface area contributed by atoms with E-state index in [1.54, 1.807) is 0 Å². The number of fused-ring (bicyclic) bond motifs is 1. The Balaban J connectivity index is 2.12. The molecule has 2 rings (SSSR count). The first kappa shape index (κ1) is 19.5. The van der Waals surface area contributed by atoms with Gasteiger partial charge < -0.3 is 15.1 Å². The fourth-order valence-corrected chi connectivity index (χ4v) is 3.24. The third-order valence-electron chi connectivity index (χ3n) is 4.84. The van der Waals surface area contributed by atoms with Crippen molar-refractivity contribution < 1.29 is 0 Å². The predicted molar refractivity (Wildman–Crippen MR) is 111 cm³/mol. The average molecular weight is 343 g/mol. The van der Waals surface area contributed by atoms with Crippen LogP contribution in [0, 0.1) is 6.92 Å². The minimum absolute atomic E-state index is 0.448. The van der Waals surface area contributed by atoms with Crippen LogP contribution in [-0.2, 0) is 0 Å². The summed E-state index contributed by atoms with van der Waals surface area (Å²) in [5.74, 6) is 0. The molecule has 25 heavy (non-hydrogen) atoms. The number of pyridine rings is 1. The molecule has 0 amide bonds. The van der Waals surface area contributed by atoms with Gasteiger partial charge in [0.2, 0.25) is 0 Å². The molecular weight excluding hydrogens is 308 g/mol. The largest absolute Gasteiger partial charge is 0.382 e. The number of aryl methyl sites for hydroxylation is 1. The third kappa shape index (κ3) is 5.33. The standard InChI is InChI=1S/C21H34N4/c1-7-25(8-2)13-9-10-16(3)22-21-14-17(4)23-20-12-11-18(24(5)6)15-19(20)21/h11-12,14-16H,7-10,13H2,1-6H3,(H,22,23). The highest BCUT2D eigenvalue weighted by atomic mass is 15.1. The number of rotatable bonds is 9. The highest BCUT2D eigenvalue weighted by Crippen LogP contribution is 2.28. The van der Waals surface area contributed by atoms with Crippen LogP contribution in [0.15, 0.2) is 24.3 Å². The highest BCUT2D eigenvalue weighted by molar-refractivity contribution is 5.94. The van der Waals surface area contributed by atoms with Gasteiger partial charge in [0.15, 0.2) is 0 Å². The normalized spacial score (nSPS) is 12.6. The van der Waals surface area contributed by atoms with Gasteiger partial charge in [-0.2, -0.15) is 0 Å². The van der Waals surface area contributed by atoms with Gasteiger partial charge in [-0.15, -0.1) is 0 Å². The summed E-state index contributed by atoms with van der Waals surface area (Å²) in [6.07, 6.45) is 2.40. The first-order valence-electron chi connectivity index (χ1n) is 9.52. The minimum Gasteiger partial charge on any atom is -0.382 e. The SMILES string of the molecule is CCN(CC)CCCC(C)Nc1cc(C)nc2ccc(N(C)C)cc12. The third-order valence-corrected chi connectivity index (χ3v) is 4.84.